The Morgan fingerprint density at radius 3 is 2.12 bits per heavy atom. The Labute approximate surface area is 98.6 Å². The van der Waals surface area contributed by atoms with Gasteiger partial charge in [-0.3, -0.25) is 9.59 Å². The Morgan fingerprint density at radius 1 is 1.18 bits per heavy atom. The first-order valence-electron chi connectivity index (χ1n) is 4.97. The largest absolute Gasteiger partial charge is 0.437 e. The highest BCUT2D eigenvalue weighted by molar-refractivity contribution is 6.09. The van der Waals surface area contributed by atoms with E-state index < -0.39 is 23.3 Å². The molecule has 1 aromatic rings. The molecule has 1 rings (SSSR count). The number of ether oxygens (including phenoxy) is 1. The number of Topliss-reactive ketones (excluding diaryl/α,β-unsaturated/α-hetero) is 1. The summed E-state index contributed by atoms with van der Waals surface area (Å²) in [6.45, 7) is 2.32. The molecular formula is C12H13NO4. The smallest absolute Gasteiger partial charge is 0.339 e. The van der Waals surface area contributed by atoms with Crippen molar-refractivity contribution in [2.75, 3.05) is 0 Å². The number of carbonyl (C=O) groups is 3. The van der Waals surface area contributed by atoms with E-state index in [2.05, 4.69) is 0 Å². The lowest BCUT2D eigenvalue weighted by atomic mass is 10.0. The molecule has 0 fully saturated rings. The van der Waals surface area contributed by atoms with E-state index in [0.29, 0.717) is 0 Å². The van der Waals surface area contributed by atoms with Crippen molar-refractivity contribution in [1.82, 2.24) is 0 Å². The van der Waals surface area contributed by atoms with Gasteiger partial charge in [-0.15, -0.1) is 0 Å². The van der Waals surface area contributed by atoms with Gasteiger partial charge in [-0.05, 0) is 26.0 Å². The van der Waals surface area contributed by atoms with Gasteiger partial charge in [0.25, 0.3) is 5.91 Å². The molecule has 0 heterocycles. The van der Waals surface area contributed by atoms with Crippen molar-refractivity contribution in [2.24, 2.45) is 5.73 Å². The normalized spacial score (nSPS) is 13.5. The highest BCUT2D eigenvalue weighted by Crippen LogP contribution is 2.14. The second-order valence-electron chi connectivity index (χ2n) is 3.71. The average molecular weight is 235 g/mol. The number of benzene rings is 1. The van der Waals surface area contributed by atoms with E-state index in [9.17, 15) is 14.4 Å². The minimum Gasteiger partial charge on any atom is -0.437 e. The van der Waals surface area contributed by atoms with Crippen LogP contribution >= 0.6 is 0 Å². The Hall–Kier alpha value is -2.17. The van der Waals surface area contributed by atoms with Crippen LogP contribution in [0.4, 0.5) is 0 Å². The SMILES string of the molecule is CC(=O)C(C)(OC(=O)c1ccccc1)C(N)=O. The fourth-order valence-electron chi connectivity index (χ4n) is 1.11. The van der Waals surface area contributed by atoms with Crippen molar-refractivity contribution in [2.45, 2.75) is 19.4 Å². The molecule has 1 amide bonds. The fraction of sp³-hybridized carbons (Fsp3) is 0.250. The van der Waals surface area contributed by atoms with Crippen LogP contribution in [-0.2, 0) is 14.3 Å². The first-order valence-corrected chi connectivity index (χ1v) is 4.97. The average Bonchev–Trinajstić information content (AvgIpc) is 2.29. The van der Waals surface area contributed by atoms with Crippen molar-refractivity contribution in [1.29, 1.82) is 0 Å². The standard InChI is InChI=1S/C12H13NO4/c1-8(14)12(2,11(13)16)17-10(15)9-6-4-3-5-7-9/h3-7H,1-2H3,(H2,13,16). The minimum absolute atomic E-state index is 0.251. The van der Waals surface area contributed by atoms with Crippen molar-refractivity contribution < 1.29 is 19.1 Å². The molecule has 0 saturated heterocycles. The number of amides is 1. The Kier molecular flexibility index (Phi) is 3.62. The lowest BCUT2D eigenvalue weighted by Crippen LogP contribution is -2.50. The number of ketones is 1. The van der Waals surface area contributed by atoms with Crippen LogP contribution in [0.25, 0.3) is 0 Å². The predicted molar refractivity (Wildman–Crippen MR) is 60.1 cm³/mol. The molecular weight excluding hydrogens is 222 g/mol. The van der Waals surface area contributed by atoms with Crippen molar-refractivity contribution in [3.63, 3.8) is 0 Å². The van der Waals surface area contributed by atoms with E-state index in [1.165, 1.54) is 19.1 Å². The van der Waals surface area contributed by atoms with Gasteiger partial charge in [0.2, 0.25) is 5.60 Å². The second-order valence-corrected chi connectivity index (χ2v) is 3.71. The maximum atomic E-state index is 11.7. The molecule has 5 heteroatoms. The van der Waals surface area contributed by atoms with E-state index >= 15 is 0 Å². The van der Waals surface area contributed by atoms with Crippen LogP contribution in [0.3, 0.4) is 0 Å². The highest BCUT2D eigenvalue weighted by atomic mass is 16.6. The lowest BCUT2D eigenvalue weighted by molar-refractivity contribution is -0.147. The number of primary amides is 1. The number of hydrogen-bond acceptors (Lipinski definition) is 4. The van der Waals surface area contributed by atoms with Crippen molar-refractivity contribution in [3.8, 4) is 0 Å². The van der Waals surface area contributed by atoms with E-state index in [-0.39, 0.29) is 5.56 Å². The summed E-state index contributed by atoms with van der Waals surface area (Å²) >= 11 is 0. The first kappa shape index (κ1) is 12.9. The van der Waals surface area contributed by atoms with Gasteiger partial charge in [-0.25, -0.2) is 4.79 Å². The van der Waals surface area contributed by atoms with Gasteiger partial charge in [-0.1, -0.05) is 18.2 Å². The molecule has 5 nitrogen and oxygen atoms in total. The number of esters is 1. The molecule has 0 spiro atoms. The number of hydrogen-bond donors (Lipinski definition) is 1. The van der Waals surface area contributed by atoms with Crippen molar-refractivity contribution >= 4 is 17.7 Å². The summed E-state index contributed by atoms with van der Waals surface area (Å²) in [6, 6.07) is 8.06. The molecule has 1 unspecified atom stereocenters. The van der Waals surface area contributed by atoms with Gasteiger partial charge in [0.05, 0.1) is 5.56 Å². The van der Waals surface area contributed by atoms with E-state index in [1.807, 2.05) is 0 Å². The molecule has 0 aliphatic rings. The summed E-state index contributed by atoms with van der Waals surface area (Å²) in [7, 11) is 0. The topological polar surface area (TPSA) is 86.5 Å². The summed E-state index contributed by atoms with van der Waals surface area (Å²) in [5, 5.41) is 0. The van der Waals surface area contributed by atoms with Gasteiger partial charge in [-0.2, -0.15) is 0 Å². The van der Waals surface area contributed by atoms with Crippen LogP contribution in [-0.4, -0.2) is 23.3 Å². The molecule has 1 aromatic carbocycles. The van der Waals surface area contributed by atoms with Gasteiger partial charge < -0.3 is 10.5 Å². The molecule has 1 atom stereocenters. The third-order valence-electron chi connectivity index (χ3n) is 2.45. The second kappa shape index (κ2) is 4.78. The maximum absolute atomic E-state index is 11.7. The minimum atomic E-state index is -1.92. The van der Waals surface area contributed by atoms with Crippen LogP contribution in [0, 0.1) is 0 Å². The summed E-state index contributed by atoms with van der Waals surface area (Å²) < 4.78 is 4.88. The zero-order chi connectivity index (χ0) is 13.1. The van der Waals surface area contributed by atoms with Crippen LogP contribution in [0.15, 0.2) is 30.3 Å². The quantitative estimate of drug-likeness (QED) is 0.614. The molecule has 0 radical (unpaired) electrons. The summed E-state index contributed by atoms with van der Waals surface area (Å²) in [5.41, 5.74) is 3.39. The number of nitrogens with two attached hydrogens (primary N) is 1. The molecule has 0 bridgehead atoms. The number of rotatable bonds is 4. The monoisotopic (exact) mass is 235 g/mol. The molecule has 90 valence electrons. The van der Waals surface area contributed by atoms with E-state index in [4.69, 9.17) is 10.5 Å². The van der Waals surface area contributed by atoms with E-state index in [0.717, 1.165) is 6.92 Å². The van der Waals surface area contributed by atoms with Gasteiger partial charge in [0.1, 0.15) is 0 Å². The Bertz CT molecular complexity index is 439. The summed E-state index contributed by atoms with van der Waals surface area (Å²) in [5.74, 6) is -2.37. The van der Waals surface area contributed by atoms with Crippen molar-refractivity contribution in [3.05, 3.63) is 35.9 Å². The van der Waals surface area contributed by atoms with Gasteiger partial charge in [0.15, 0.2) is 5.78 Å². The zero-order valence-corrected chi connectivity index (χ0v) is 9.60. The van der Waals surface area contributed by atoms with Crippen LogP contribution in [0.2, 0.25) is 0 Å². The maximum Gasteiger partial charge on any atom is 0.339 e. The molecule has 17 heavy (non-hydrogen) atoms. The molecule has 0 saturated carbocycles. The van der Waals surface area contributed by atoms with Gasteiger partial charge in [0, 0.05) is 0 Å². The number of carbonyl (C=O) groups excluding carboxylic acids is 3. The van der Waals surface area contributed by atoms with E-state index in [1.54, 1.807) is 18.2 Å². The fourth-order valence-corrected chi connectivity index (χ4v) is 1.11. The van der Waals surface area contributed by atoms with Crippen LogP contribution in [0.5, 0.6) is 0 Å². The lowest BCUT2D eigenvalue weighted by Gasteiger charge is -2.22. The molecule has 2 N–H and O–H groups in total. The Morgan fingerprint density at radius 2 is 1.71 bits per heavy atom. The Balaban J connectivity index is 2.94. The van der Waals surface area contributed by atoms with Crippen LogP contribution < -0.4 is 5.73 Å². The predicted octanol–water partition coefficient (Wildman–Crippen LogP) is 0.676. The molecule has 0 aromatic heterocycles. The van der Waals surface area contributed by atoms with Gasteiger partial charge >= 0.3 is 5.97 Å². The van der Waals surface area contributed by atoms with Crippen LogP contribution in [0.1, 0.15) is 24.2 Å². The zero-order valence-electron chi connectivity index (χ0n) is 9.60. The first-order chi connectivity index (χ1) is 7.88. The molecule has 0 aliphatic heterocycles. The third kappa shape index (κ3) is 2.69. The summed E-state index contributed by atoms with van der Waals surface area (Å²) in [4.78, 5) is 34.1. The summed E-state index contributed by atoms with van der Waals surface area (Å²) in [6.07, 6.45) is 0. The third-order valence-corrected chi connectivity index (χ3v) is 2.45. The molecule has 0 aliphatic carbocycles. The highest BCUT2D eigenvalue weighted by Gasteiger charge is 2.40.